The number of amides is 2. The van der Waals surface area contributed by atoms with Crippen molar-refractivity contribution in [1.29, 1.82) is 0 Å². The fraction of sp³-hybridized carbons (Fsp3) is 0.167. The predicted octanol–water partition coefficient (Wildman–Crippen LogP) is 2.18. The zero-order chi connectivity index (χ0) is 18.3. The second-order valence-corrected chi connectivity index (χ2v) is 5.97. The van der Waals surface area contributed by atoms with Gasteiger partial charge in [0.15, 0.2) is 12.2 Å². The van der Waals surface area contributed by atoms with E-state index in [1.165, 1.54) is 17.0 Å². The molecule has 1 aliphatic heterocycles. The molecule has 8 nitrogen and oxygen atoms in total. The van der Waals surface area contributed by atoms with E-state index in [1.807, 2.05) is 25.1 Å². The lowest BCUT2D eigenvalue weighted by Crippen LogP contribution is -2.38. The topological polar surface area (TPSA) is 105 Å². The Bertz CT molecular complexity index is 1030. The van der Waals surface area contributed by atoms with Crippen molar-refractivity contribution < 1.29 is 24.0 Å². The molecule has 0 saturated heterocycles. The number of nitrogens with zero attached hydrogens (tertiary/aromatic N) is 2. The van der Waals surface area contributed by atoms with Gasteiger partial charge in [0.1, 0.15) is 17.8 Å². The fourth-order valence-electron chi connectivity index (χ4n) is 2.86. The lowest BCUT2D eigenvalue weighted by molar-refractivity contribution is -0.121. The Hall–Kier alpha value is -3.39. The SMILES string of the molecule is Cc1ccc2nc(CN3C(=O)COc4ccc(C(=O)NO)cc43)oc2c1. The summed E-state index contributed by atoms with van der Waals surface area (Å²) in [5.41, 5.74) is 4.59. The second kappa shape index (κ2) is 6.16. The molecule has 2 heterocycles. The minimum absolute atomic E-state index is 0.104. The monoisotopic (exact) mass is 353 g/mol. The number of aryl methyl sites for hydroxylation is 1. The van der Waals surface area contributed by atoms with Crippen LogP contribution in [0.15, 0.2) is 40.8 Å². The van der Waals surface area contributed by atoms with E-state index in [1.54, 1.807) is 11.5 Å². The lowest BCUT2D eigenvalue weighted by atomic mass is 10.1. The Morgan fingerprint density at radius 3 is 2.96 bits per heavy atom. The van der Waals surface area contributed by atoms with Crippen LogP contribution in [0, 0.1) is 6.92 Å². The standard InChI is InChI=1S/C18H15N3O5/c1-10-2-4-12-15(6-10)26-16(19-12)8-21-13-7-11(18(23)20-24)3-5-14(13)25-9-17(21)22/h2-7,24H,8-9H2,1H3,(H,20,23). The third-order valence-corrected chi connectivity index (χ3v) is 4.15. The van der Waals surface area contributed by atoms with Gasteiger partial charge in [0.05, 0.1) is 5.69 Å². The van der Waals surface area contributed by atoms with Crippen molar-refractivity contribution in [2.45, 2.75) is 13.5 Å². The van der Waals surface area contributed by atoms with Gasteiger partial charge < -0.3 is 9.15 Å². The van der Waals surface area contributed by atoms with Crippen LogP contribution in [0.5, 0.6) is 5.75 Å². The van der Waals surface area contributed by atoms with Gasteiger partial charge in [-0.25, -0.2) is 10.5 Å². The van der Waals surface area contributed by atoms with Crippen molar-refractivity contribution in [2.75, 3.05) is 11.5 Å². The van der Waals surface area contributed by atoms with Crippen LogP contribution >= 0.6 is 0 Å². The zero-order valence-corrected chi connectivity index (χ0v) is 13.9. The number of anilines is 1. The van der Waals surface area contributed by atoms with Gasteiger partial charge in [-0.05, 0) is 42.8 Å². The van der Waals surface area contributed by atoms with Crippen LogP contribution in [-0.4, -0.2) is 28.6 Å². The Balaban J connectivity index is 1.71. The van der Waals surface area contributed by atoms with E-state index in [0.29, 0.717) is 28.4 Å². The molecule has 0 aliphatic carbocycles. The molecule has 1 aromatic heterocycles. The van der Waals surface area contributed by atoms with Crippen molar-refractivity contribution in [3.8, 4) is 5.75 Å². The van der Waals surface area contributed by atoms with Crippen molar-refractivity contribution in [3.05, 3.63) is 53.4 Å². The Morgan fingerprint density at radius 1 is 1.31 bits per heavy atom. The normalized spacial score (nSPS) is 13.5. The van der Waals surface area contributed by atoms with E-state index in [9.17, 15) is 9.59 Å². The molecule has 2 amide bonds. The first-order chi connectivity index (χ1) is 12.5. The van der Waals surface area contributed by atoms with Gasteiger partial charge in [0.2, 0.25) is 5.89 Å². The highest BCUT2D eigenvalue weighted by Gasteiger charge is 2.28. The summed E-state index contributed by atoms with van der Waals surface area (Å²) in [7, 11) is 0. The largest absolute Gasteiger partial charge is 0.482 e. The summed E-state index contributed by atoms with van der Waals surface area (Å²) < 4.78 is 11.2. The van der Waals surface area contributed by atoms with Crippen LogP contribution in [0.2, 0.25) is 0 Å². The highest BCUT2D eigenvalue weighted by Crippen LogP contribution is 2.34. The smallest absolute Gasteiger partial charge is 0.274 e. The predicted molar refractivity (Wildman–Crippen MR) is 91.1 cm³/mol. The van der Waals surface area contributed by atoms with E-state index in [4.69, 9.17) is 14.4 Å². The van der Waals surface area contributed by atoms with Crippen molar-refractivity contribution in [3.63, 3.8) is 0 Å². The Morgan fingerprint density at radius 2 is 2.15 bits per heavy atom. The number of aromatic nitrogens is 1. The number of rotatable bonds is 3. The van der Waals surface area contributed by atoms with E-state index >= 15 is 0 Å². The van der Waals surface area contributed by atoms with Crippen LogP contribution in [0.25, 0.3) is 11.1 Å². The minimum Gasteiger partial charge on any atom is -0.482 e. The lowest BCUT2D eigenvalue weighted by Gasteiger charge is -2.28. The first kappa shape index (κ1) is 16.1. The van der Waals surface area contributed by atoms with Gasteiger partial charge in [-0.2, -0.15) is 0 Å². The molecule has 1 aliphatic rings. The number of nitrogens with one attached hydrogen (secondary N) is 1. The average molecular weight is 353 g/mol. The number of hydroxylamine groups is 1. The number of carbonyl (C=O) groups is 2. The second-order valence-electron chi connectivity index (χ2n) is 5.97. The molecule has 132 valence electrons. The zero-order valence-electron chi connectivity index (χ0n) is 13.9. The first-order valence-corrected chi connectivity index (χ1v) is 7.93. The Kier molecular flexibility index (Phi) is 3.81. The molecule has 2 aromatic carbocycles. The summed E-state index contributed by atoms with van der Waals surface area (Å²) in [6, 6.07) is 10.2. The number of fused-ring (bicyclic) bond motifs is 2. The van der Waals surface area contributed by atoms with E-state index < -0.39 is 5.91 Å². The summed E-state index contributed by atoms with van der Waals surface area (Å²) in [4.78, 5) is 29.9. The third-order valence-electron chi connectivity index (χ3n) is 4.15. The van der Waals surface area contributed by atoms with Crippen LogP contribution in [0.1, 0.15) is 21.8 Å². The van der Waals surface area contributed by atoms with Crippen LogP contribution in [-0.2, 0) is 11.3 Å². The van der Waals surface area contributed by atoms with E-state index in [0.717, 1.165) is 5.56 Å². The maximum atomic E-state index is 12.4. The fourth-order valence-corrected chi connectivity index (χ4v) is 2.86. The number of oxazole rings is 1. The molecule has 0 fully saturated rings. The molecule has 8 heteroatoms. The number of hydrogen-bond donors (Lipinski definition) is 2. The molecule has 4 rings (SSSR count). The highest BCUT2D eigenvalue weighted by atomic mass is 16.5. The van der Waals surface area contributed by atoms with Gasteiger partial charge in [0.25, 0.3) is 11.8 Å². The quantitative estimate of drug-likeness (QED) is 0.552. The van der Waals surface area contributed by atoms with Gasteiger partial charge >= 0.3 is 0 Å². The molecular formula is C18H15N3O5. The summed E-state index contributed by atoms with van der Waals surface area (Å²) in [6.45, 7) is 1.95. The molecule has 0 spiro atoms. The molecule has 3 aromatic rings. The minimum atomic E-state index is -0.678. The third kappa shape index (κ3) is 2.76. The van der Waals surface area contributed by atoms with Crippen LogP contribution < -0.4 is 15.1 Å². The molecule has 0 radical (unpaired) electrons. The molecule has 0 unspecified atom stereocenters. The van der Waals surface area contributed by atoms with Crippen LogP contribution in [0.3, 0.4) is 0 Å². The van der Waals surface area contributed by atoms with Gasteiger partial charge in [-0.3, -0.25) is 19.7 Å². The average Bonchev–Trinajstić information content (AvgIpc) is 3.04. The van der Waals surface area contributed by atoms with Gasteiger partial charge in [-0.1, -0.05) is 6.07 Å². The van der Waals surface area contributed by atoms with Crippen LogP contribution in [0.4, 0.5) is 5.69 Å². The number of ether oxygens (including phenoxy) is 1. The molecule has 26 heavy (non-hydrogen) atoms. The van der Waals surface area contributed by atoms with E-state index in [-0.39, 0.29) is 24.6 Å². The van der Waals surface area contributed by atoms with Crippen molar-refractivity contribution in [1.82, 2.24) is 10.5 Å². The summed E-state index contributed by atoms with van der Waals surface area (Å²) in [6.07, 6.45) is 0. The summed E-state index contributed by atoms with van der Waals surface area (Å²) in [5, 5.41) is 8.81. The van der Waals surface area contributed by atoms with Gasteiger partial charge in [0, 0.05) is 5.56 Å². The summed E-state index contributed by atoms with van der Waals surface area (Å²) >= 11 is 0. The number of hydrogen-bond acceptors (Lipinski definition) is 6. The number of carbonyl (C=O) groups excluding carboxylic acids is 2. The Labute approximate surface area is 147 Å². The molecule has 0 saturated carbocycles. The highest BCUT2D eigenvalue weighted by molar-refractivity contribution is 6.00. The molecular weight excluding hydrogens is 338 g/mol. The van der Waals surface area contributed by atoms with Gasteiger partial charge in [-0.15, -0.1) is 0 Å². The maximum absolute atomic E-state index is 12.4. The molecule has 0 bridgehead atoms. The van der Waals surface area contributed by atoms with Crippen molar-refractivity contribution >= 4 is 28.6 Å². The maximum Gasteiger partial charge on any atom is 0.274 e. The van der Waals surface area contributed by atoms with Crippen molar-refractivity contribution in [2.24, 2.45) is 0 Å². The van der Waals surface area contributed by atoms with E-state index in [2.05, 4.69) is 4.98 Å². The summed E-state index contributed by atoms with van der Waals surface area (Å²) in [5.74, 6) is -0.115. The molecule has 0 atom stereocenters. The molecule has 2 N–H and O–H groups in total. The number of benzene rings is 2. The first-order valence-electron chi connectivity index (χ1n) is 7.93.